The summed E-state index contributed by atoms with van der Waals surface area (Å²) in [6, 6.07) is 5.81. The Morgan fingerprint density at radius 2 is 2.17 bits per heavy atom. The van der Waals surface area contributed by atoms with E-state index >= 15 is 0 Å². The van der Waals surface area contributed by atoms with E-state index in [1.54, 1.807) is 12.0 Å². The lowest BCUT2D eigenvalue weighted by atomic mass is 10.0. The molecule has 0 bridgehead atoms. The maximum Gasteiger partial charge on any atom is 0.228 e. The fourth-order valence-electron chi connectivity index (χ4n) is 2.33. The van der Waals surface area contributed by atoms with E-state index in [1.807, 2.05) is 18.2 Å². The second-order valence-corrected chi connectivity index (χ2v) is 5.05. The molecule has 98 valence electrons. The molecule has 4 nitrogen and oxygen atoms in total. The van der Waals surface area contributed by atoms with Crippen molar-refractivity contribution in [2.75, 3.05) is 18.6 Å². The van der Waals surface area contributed by atoms with Crippen molar-refractivity contribution in [3.63, 3.8) is 0 Å². The smallest absolute Gasteiger partial charge is 0.228 e. The van der Waals surface area contributed by atoms with Crippen LogP contribution < -0.4 is 15.4 Å². The van der Waals surface area contributed by atoms with Crippen molar-refractivity contribution in [2.24, 2.45) is 5.73 Å². The molecule has 0 aromatic heterocycles. The van der Waals surface area contributed by atoms with Crippen molar-refractivity contribution in [1.82, 2.24) is 0 Å². The van der Waals surface area contributed by atoms with Crippen LogP contribution in [0.5, 0.6) is 5.75 Å². The van der Waals surface area contributed by atoms with E-state index in [9.17, 15) is 4.79 Å². The second-order valence-electron chi connectivity index (χ2n) is 5.05. The van der Waals surface area contributed by atoms with E-state index in [2.05, 4.69) is 13.8 Å². The van der Waals surface area contributed by atoms with Crippen molar-refractivity contribution in [3.8, 4) is 5.75 Å². The Hall–Kier alpha value is -1.55. The molecule has 1 atom stereocenters. The average Bonchev–Trinajstić information content (AvgIpc) is 2.67. The van der Waals surface area contributed by atoms with E-state index in [-0.39, 0.29) is 11.9 Å². The van der Waals surface area contributed by atoms with Gasteiger partial charge in [0.05, 0.1) is 7.11 Å². The zero-order chi connectivity index (χ0) is 13.3. The minimum atomic E-state index is -0.0536. The van der Waals surface area contributed by atoms with E-state index < -0.39 is 0 Å². The van der Waals surface area contributed by atoms with Gasteiger partial charge in [-0.1, -0.05) is 13.8 Å². The molecule has 4 heteroatoms. The number of anilines is 1. The molecule has 1 amide bonds. The number of hydrogen-bond acceptors (Lipinski definition) is 3. The van der Waals surface area contributed by atoms with Crippen LogP contribution in [0.1, 0.15) is 31.7 Å². The Kier molecular flexibility index (Phi) is 3.57. The molecule has 1 saturated heterocycles. The van der Waals surface area contributed by atoms with Crippen molar-refractivity contribution >= 4 is 11.6 Å². The largest absolute Gasteiger partial charge is 0.496 e. The van der Waals surface area contributed by atoms with E-state index in [0.717, 1.165) is 17.0 Å². The van der Waals surface area contributed by atoms with Crippen molar-refractivity contribution in [1.29, 1.82) is 0 Å². The number of rotatable bonds is 3. The topological polar surface area (TPSA) is 55.6 Å². The number of hydrogen-bond donors (Lipinski definition) is 1. The molecule has 0 spiro atoms. The lowest BCUT2D eigenvalue weighted by Gasteiger charge is -2.19. The molecule has 0 aliphatic carbocycles. The summed E-state index contributed by atoms with van der Waals surface area (Å²) in [5, 5.41) is 0. The third kappa shape index (κ3) is 2.34. The van der Waals surface area contributed by atoms with Crippen LogP contribution in [0.15, 0.2) is 18.2 Å². The van der Waals surface area contributed by atoms with Gasteiger partial charge < -0.3 is 15.4 Å². The van der Waals surface area contributed by atoms with Crippen molar-refractivity contribution in [3.05, 3.63) is 23.8 Å². The summed E-state index contributed by atoms with van der Waals surface area (Å²) in [5.74, 6) is 1.32. The summed E-state index contributed by atoms with van der Waals surface area (Å²) >= 11 is 0. The molecule has 2 rings (SSSR count). The first-order valence-electron chi connectivity index (χ1n) is 6.26. The third-order valence-corrected chi connectivity index (χ3v) is 3.30. The molecule has 1 unspecified atom stereocenters. The number of benzene rings is 1. The summed E-state index contributed by atoms with van der Waals surface area (Å²) in [4.78, 5) is 13.6. The Morgan fingerprint density at radius 1 is 1.44 bits per heavy atom. The van der Waals surface area contributed by atoms with Gasteiger partial charge in [0.25, 0.3) is 0 Å². The van der Waals surface area contributed by atoms with Crippen LogP contribution in [0, 0.1) is 0 Å². The van der Waals surface area contributed by atoms with Gasteiger partial charge in [-0.25, -0.2) is 0 Å². The van der Waals surface area contributed by atoms with Crippen LogP contribution >= 0.6 is 0 Å². The number of nitrogens with zero attached hydrogens (tertiary/aromatic N) is 1. The van der Waals surface area contributed by atoms with Gasteiger partial charge in [-0.15, -0.1) is 0 Å². The van der Waals surface area contributed by atoms with Crippen LogP contribution in [0.2, 0.25) is 0 Å². The summed E-state index contributed by atoms with van der Waals surface area (Å²) in [6.45, 7) is 4.82. The minimum absolute atomic E-state index is 0.0536. The maximum absolute atomic E-state index is 11.8. The molecule has 2 N–H and O–H groups in total. The number of ether oxygens (including phenoxy) is 1. The van der Waals surface area contributed by atoms with Gasteiger partial charge in [0.15, 0.2) is 0 Å². The van der Waals surface area contributed by atoms with Gasteiger partial charge in [-0.05, 0) is 29.7 Å². The van der Waals surface area contributed by atoms with Crippen LogP contribution in [0.3, 0.4) is 0 Å². The zero-order valence-corrected chi connectivity index (χ0v) is 11.1. The molecule has 1 aromatic carbocycles. The fourth-order valence-corrected chi connectivity index (χ4v) is 2.33. The van der Waals surface area contributed by atoms with E-state index in [0.29, 0.717) is 18.9 Å². The van der Waals surface area contributed by atoms with Crippen LogP contribution in [0.25, 0.3) is 0 Å². The Morgan fingerprint density at radius 3 is 2.67 bits per heavy atom. The molecular weight excluding hydrogens is 228 g/mol. The molecule has 1 fully saturated rings. The van der Waals surface area contributed by atoms with Gasteiger partial charge in [0.2, 0.25) is 5.91 Å². The molecule has 0 radical (unpaired) electrons. The number of amides is 1. The predicted molar refractivity (Wildman–Crippen MR) is 72.0 cm³/mol. The highest BCUT2D eigenvalue weighted by Gasteiger charge is 2.28. The molecule has 1 aliphatic heterocycles. The highest BCUT2D eigenvalue weighted by atomic mass is 16.5. The summed E-state index contributed by atoms with van der Waals surface area (Å²) < 4.78 is 5.34. The fraction of sp³-hybridized carbons (Fsp3) is 0.500. The Balaban J connectivity index is 2.35. The zero-order valence-electron chi connectivity index (χ0n) is 11.1. The maximum atomic E-state index is 11.8. The highest BCUT2D eigenvalue weighted by Crippen LogP contribution is 2.32. The first-order chi connectivity index (χ1) is 8.52. The van der Waals surface area contributed by atoms with E-state index in [4.69, 9.17) is 10.5 Å². The highest BCUT2D eigenvalue weighted by molar-refractivity contribution is 5.96. The Bertz CT molecular complexity index is 457. The third-order valence-electron chi connectivity index (χ3n) is 3.30. The number of nitrogens with two attached hydrogens (primary N) is 1. The molecule has 18 heavy (non-hydrogen) atoms. The second kappa shape index (κ2) is 4.98. The lowest BCUT2D eigenvalue weighted by molar-refractivity contribution is -0.117. The van der Waals surface area contributed by atoms with Crippen LogP contribution in [-0.4, -0.2) is 25.6 Å². The lowest BCUT2D eigenvalue weighted by Crippen LogP contribution is -2.28. The molecule has 1 aromatic rings. The summed E-state index contributed by atoms with van der Waals surface area (Å²) in [5.41, 5.74) is 7.85. The summed E-state index contributed by atoms with van der Waals surface area (Å²) in [7, 11) is 1.66. The number of carbonyl (C=O) groups is 1. The van der Waals surface area contributed by atoms with Crippen molar-refractivity contribution < 1.29 is 9.53 Å². The molecule has 1 aliphatic rings. The van der Waals surface area contributed by atoms with Gasteiger partial charge in [0.1, 0.15) is 5.75 Å². The summed E-state index contributed by atoms with van der Waals surface area (Å²) in [6.07, 6.45) is 0.434. The molecule has 0 saturated carbocycles. The normalized spacial score (nSPS) is 19.7. The number of methoxy groups -OCH3 is 1. The molecule has 1 heterocycles. The monoisotopic (exact) mass is 248 g/mol. The van der Waals surface area contributed by atoms with Gasteiger partial charge in [-0.3, -0.25) is 4.79 Å². The van der Waals surface area contributed by atoms with E-state index in [1.165, 1.54) is 0 Å². The van der Waals surface area contributed by atoms with Crippen LogP contribution in [0.4, 0.5) is 5.69 Å². The quantitative estimate of drug-likeness (QED) is 0.888. The first-order valence-corrected chi connectivity index (χ1v) is 6.26. The predicted octanol–water partition coefficient (Wildman–Crippen LogP) is 1.88. The number of carbonyl (C=O) groups excluding carboxylic acids is 1. The standard InChI is InChI=1S/C14H20N2O2/c1-9(2)12-7-11(4-5-13(12)18-3)16-8-10(15)6-14(16)17/h4-5,7,9-10H,6,8,15H2,1-3H3. The van der Waals surface area contributed by atoms with Crippen LogP contribution in [-0.2, 0) is 4.79 Å². The van der Waals surface area contributed by atoms with Gasteiger partial charge in [0, 0.05) is 24.7 Å². The molecular formula is C14H20N2O2. The van der Waals surface area contributed by atoms with Crippen molar-refractivity contribution in [2.45, 2.75) is 32.2 Å². The minimum Gasteiger partial charge on any atom is -0.496 e. The first kappa shape index (κ1) is 12.9. The Labute approximate surface area is 108 Å². The average molecular weight is 248 g/mol. The van der Waals surface area contributed by atoms with Gasteiger partial charge in [-0.2, -0.15) is 0 Å². The SMILES string of the molecule is COc1ccc(N2CC(N)CC2=O)cc1C(C)C. The van der Waals surface area contributed by atoms with Gasteiger partial charge >= 0.3 is 0 Å².